The zero-order valence-corrected chi connectivity index (χ0v) is 13.5. The van der Waals surface area contributed by atoms with Gasteiger partial charge in [0, 0.05) is 4.47 Å². The molecule has 2 heterocycles. The first-order chi connectivity index (χ1) is 9.16. The van der Waals surface area contributed by atoms with Crippen LogP contribution >= 0.6 is 43.2 Å². The lowest BCUT2D eigenvalue weighted by atomic mass is 10.1. The Labute approximate surface area is 130 Å². The van der Waals surface area contributed by atoms with Crippen molar-refractivity contribution in [1.29, 1.82) is 0 Å². The summed E-state index contributed by atoms with van der Waals surface area (Å²) in [5.74, 6) is 0.335. The number of aromatic nitrogens is 1. The van der Waals surface area contributed by atoms with Gasteiger partial charge in [0.2, 0.25) is 5.88 Å². The number of nitrogen functional groups attached to an aromatic ring is 1. The highest BCUT2D eigenvalue weighted by atomic mass is 79.9. The summed E-state index contributed by atoms with van der Waals surface area (Å²) in [6.45, 7) is 0. The van der Waals surface area contributed by atoms with Crippen molar-refractivity contribution in [3.63, 3.8) is 0 Å². The van der Waals surface area contributed by atoms with Gasteiger partial charge >= 0.3 is 0 Å². The highest BCUT2D eigenvalue weighted by Crippen LogP contribution is 2.43. The van der Waals surface area contributed by atoms with Gasteiger partial charge < -0.3 is 10.3 Å². The van der Waals surface area contributed by atoms with E-state index in [1.807, 2.05) is 36.4 Å². The minimum absolute atomic E-state index is 0.335. The molecule has 3 nitrogen and oxygen atoms in total. The molecule has 0 aliphatic carbocycles. The van der Waals surface area contributed by atoms with E-state index in [4.69, 9.17) is 10.3 Å². The van der Waals surface area contributed by atoms with Crippen LogP contribution in [-0.4, -0.2) is 5.16 Å². The molecule has 0 bridgehead atoms. The largest absolute Gasteiger partial charge is 0.367 e. The molecule has 0 aliphatic heterocycles. The summed E-state index contributed by atoms with van der Waals surface area (Å²) in [6, 6.07) is 11.9. The van der Waals surface area contributed by atoms with Gasteiger partial charge in [0.15, 0.2) is 0 Å². The number of rotatable bonds is 2. The molecule has 0 atom stereocenters. The van der Waals surface area contributed by atoms with Crippen molar-refractivity contribution in [3.8, 4) is 21.7 Å². The van der Waals surface area contributed by atoms with E-state index in [2.05, 4.69) is 37.0 Å². The Kier molecular flexibility index (Phi) is 3.47. The summed E-state index contributed by atoms with van der Waals surface area (Å²) in [5.41, 5.74) is 8.50. The van der Waals surface area contributed by atoms with Gasteiger partial charge in [-0.15, -0.1) is 11.3 Å². The first kappa shape index (κ1) is 12.9. The van der Waals surface area contributed by atoms with E-state index in [1.165, 1.54) is 0 Å². The van der Waals surface area contributed by atoms with Crippen molar-refractivity contribution in [1.82, 2.24) is 5.16 Å². The number of thiophene rings is 1. The molecule has 6 heteroatoms. The smallest absolute Gasteiger partial charge is 0.230 e. The monoisotopic (exact) mass is 398 g/mol. The van der Waals surface area contributed by atoms with Gasteiger partial charge in [-0.2, -0.15) is 0 Å². The third-order valence-corrected chi connectivity index (χ3v) is 5.92. The maximum atomic E-state index is 5.91. The Balaban J connectivity index is 2.19. The van der Waals surface area contributed by atoms with Crippen LogP contribution in [0.2, 0.25) is 0 Å². The summed E-state index contributed by atoms with van der Waals surface area (Å²) >= 11 is 8.54. The van der Waals surface area contributed by atoms with Crippen LogP contribution in [0.15, 0.2) is 49.2 Å². The van der Waals surface area contributed by atoms with Crippen molar-refractivity contribution in [2.75, 3.05) is 5.73 Å². The average Bonchev–Trinajstić information content (AvgIpc) is 2.95. The molecule has 0 saturated carbocycles. The number of halogens is 2. The summed E-state index contributed by atoms with van der Waals surface area (Å²) in [6.07, 6.45) is 0. The Hall–Kier alpha value is -1.11. The summed E-state index contributed by atoms with van der Waals surface area (Å²) in [5, 5.41) is 4.09. The van der Waals surface area contributed by atoms with Crippen molar-refractivity contribution in [2.24, 2.45) is 0 Å². The van der Waals surface area contributed by atoms with E-state index in [1.54, 1.807) is 11.3 Å². The molecule has 3 rings (SSSR count). The SMILES string of the molecule is Nc1onc(-c2cc(Br)c(Br)s2)c1-c1ccccc1. The van der Waals surface area contributed by atoms with E-state index in [9.17, 15) is 0 Å². The maximum absolute atomic E-state index is 5.91. The van der Waals surface area contributed by atoms with E-state index < -0.39 is 0 Å². The predicted molar refractivity (Wildman–Crippen MR) is 85.1 cm³/mol. The number of benzene rings is 1. The minimum atomic E-state index is 0.335. The fourth-order valence-electron chi connectivity index (χ4n) is 1.82. The van der Waals surface area contributed by atoms with Crippen LogP contribution in [0.4, 0.5) is 5.88 Å². The Morgan fingerprint density at radius 2 is 1.89 bits per heavy atom. The number of nitrogens with zero attached hydrogens (tertiary/aromatic N) is 1. The lowest BCUT2D eigenvalue weighted by Gasteiger charge is -2.00. The average molecular weight is 400 g/mol. The zero-order chi connectivity index (χ0) is 13.4. The lowest BCUT2D eigenvalue weighted by molar-refractivity contribution is 0.439. The van der Waals surface area contributed by atoms with Gasteiger partial charge in [0.1, 0.15) is 5.69 Å². The van der Waals surface area contributed by atoms with Gasteiger partial charge in [-0.1, -0.05) is 35.5 Å². The standard InChI is InChI=1S/C13H8Br2N2OS/c14-8-6-9(19-12(8)15)11-10(13(16)18-17-11)7-4-2-1-3-5-7/h1-6H,16H2. The van der Waals surface area contributed by atoms with Crippen LogP contribution in [0.1, 0.15) is 0 Å². The minimum Gasteiger partial charge on any atom is -0.367 e. The quantitative estimate of drug-likeness (QED) is 0.645. The van der Waals surface area contributed by atoms with Crippen LogP contribution in [0.3, 0.4) is 0 Å². The Bertz CT molecular complexity index is 702. The maximum Gasteiger partial charge on any atom is 0.230 e. The number of hydrogen-bond donors (Lipinski definition) is 1. The molecule has 0 spiro atoms. The normalized spacial score (nSPS) is 10.8. The van der Waals surface area contributed by atoms with Crippen molar-refractivity contribution in [2.45, 2.75) is 0 Å². The molecule has 3 aromatic rings. The topological polar surface area (TPSA) is 52.0 Å². The van der Waals surface area contributed by atoms with Gasteiger partial charge in [0.05, 0.1) is 14.2 Å². The van der Waals surface area contributed by atoms with Crippen molar-refractivity contribution < 1.29 is 4.52 Å². The highest BCUT2D eigenvalue weighted by Gasteiger charge is 2.19. The van der Waals surface area contributed by atoms with Crippen molar-refractivity contribution in [3.05, 3.63) is 44.7 Å². The molecule has 0 aliphatic rings. The summed E-state index contributed by atoms with van der Waals surface area (Å²) < 4.78 is 7.17. The summed E-state index contributed by atoms with van der Waals surface area (Å²) in [4.78, 5) is 0.998. The molecule has 19 heavy (non-hydrogen) atoms. The third kappa shape index (κ3) is 2.35. The molecule has 0 unspecified atom stereocenters. The first-order valence-electron chi connectivity index (χ1n) is 5.42. The molecule has 0 amide bonds. The fourth-order valence-corrected chi connectivity index (χ4v) is 3.84. The lowest BCUT2D eigenvalue weighted by Crippen LogP contribution is -1.86. The molecule has 1 aromatic carbocycles. The van der Waals surface area contributed by atoms with E-state index in [0.29, 0.717) is 5.88 Å². The van der Waals surface area contributed by atoms with Crippen LogP contribution in [0.25, 0.3) is 21.7 Å². The van der Waals surface area contributed by atoms with E-state index in [0.717, 1.165) is 30.0 Å². The van der Waals surface area contributed by atoms with Crippen molar-refractivity contribution >= 4 is 49.1 Å². The molecule has 0 fully saturated rings. The molecule has 0 radical (unpaired) electrons. The molecule has 2 N–H and O–H groups in total. The fraction of sp³-hybridized carbons (Fsp3) is 0. The van der Waals surface area contributed by atoms with E-state index >= 15 is 0 Å². The number of nitrogens with two attached hydrogens (primary N) is 1. The Morgan fingerprint density at radius 1 is 1.16 bits per heavy atom. The number of anilines is 1. The van der Waals surface area contributed by atoms with E-state index in [-0.39, 0.29) is 0 Å². The highest BCUT2D eigenvalue weighted by molar-refractivity contribution is 9.13. The predicted octanol–water partition coefficient (Wildman–Crippen LogP) is 5.18. The van der Waals surface area contributed by atoms with Crippen LogP contribution < -0.4 is 5.73 Å². The van der Waals surface area contributed by atoms with Crippen LogP contribution in [-0.2, 0) is 0 Å². The second kappa shape index (κ2) is 5.11. The second-order valence-corrected chi connectivity index (χ2v) is 7.09. The van der Waals surface area contributed by atoms with Gasteiger partial charge in [-0.3, -0.25) is 0 Å². The zero-order valence-electron chi connectivity index (χ0n) is 9.56. The van der Waals surface area contributed by atoms with Gasteiger partial charge in [-0.05, 0) is 43.5 Å². The molecular formula is C13H8Br2N2OS. The molecule has 0 saturated heterocycles. The summed E-state index contributed by atoms with van der Waals surface area (Å²) in [7, 11) is 0. The molecular weight excluding hydrogens is 392 g/mol. The first-order valence-corrected chi connectivity index (χ1v) is 7.83. The van der Waals surface area contributed by atoms with Gasteiger partial charge in [0.25, 0.3) is 0 Å². The number of hydrogen-bond acceptors (Lipinski definition) is 4. The van der Waals surface area contributed by atoms with Gasteiger partial charge in [-0.25, -0.2) is 0 Å². The third-order valence-electron chi connectivity index (χ3n) is 2.66. The molecule has 2 aromatic heterocycles. The molecule has 96 valence electrons. The van der Waals surface area contributed by atoms with Crippen LogP contribution in [0, 0.1) is 0 Å². The van der Waals surface area contributed by atoms with Crippen LogP contribution in [0.5, 0.6) is 0 Å². The Morgan fingerprint density at radius 3 is 2.53 bits per heavy atom. The second-order valence-electron chi connectivity index (χ2n) is 3.87.